The predicted octanol–water partition coefficient (Wildman–Crippen LogP) is 1.83. The van der Waals surface area contributed by atoms with Gasteiger partial charge in [0.05, 0.1) is 7.11 Å². The molecule has 17 heavy (non-hydrogen) atoms. The molecule has 0 radical (unpaired) electrons. The van der Waals surface area contributed by atoms with Gasteiger partial charge in [0.1, 0.15) is 6.04 Å². The molecule has 1 unspecified atom stereocenters. The second-order valence-corrected chi connectivity index (χ2v) is 3.87. The zero-order valence-electron chi connectivity index (χ0n) is 10.0. The molecule has 2 N–H and O–H groups in total. The van der Waals surface area contributed by atoms with Gasteiger partial charge in [-0.25, -0.2) is 4.79 Å². The quantitative estimate of drug-likeness (QED) is 0.821. The van der Waals surface area contributed by atoms with Crippen LogP contribution < -0.4 is 5.73 Å². The zero-order valence-corrected chi connectivity index (χ0v) is 10.0. The van der Waals surface area contributed by atoms with E-state index in [4.69, 9.17) is 5.73 Å². The maximum Gasteiger partial charge on any atom is 0.328 e. The first-order valence-electron chi connectivity index (χ1n) is 5.60. The van der Waals surface area contributed by atoms with E-state index in [2.05, 4.69) is 4.74 Å². The smallest absolute Gasteiger partial charge is 0.328 e. The summed E-state index contributed by atoms with van der Waals surface area (Å²) in [4.78, 5) is 11.5. The lowest BCUT2D eigenvalue weighted by Gasteiger charge is -2.12. The van der Waals surface area contributed by atoms with Crippen molar-refractivity contribution >= 4 is 16.9 Å². The van der Waals surface area contributed by atoms with E-state index in [1.54, 1.807) is 0 Å². The third-order valence-corrected chi connectivity index (χ3v) is 2.93. The van der Waals surface area contributed by atoms with Gasteiger partial charge in [-0.05, 0) is 24.4 Å². The molecule has 4 heteroatoms. The van der Waals surface area contributed by atoms with Gasteiger partial charge in [0.25, 0.3) is 0 Å². The fourth-order valence-electron chi connectivity index (χ4n) is 2.09. The van der Waals surface area contributed by atoms with Gasteiger partial charge < -0.3 is 15.0 Å². The molecule has 0 aliphatic heterocycles. The van der Waals surface area contributed by atoms with Crippen LogP contribution in [0.15, 0.2) is 30.3 Å². The first-order chi connectivity index (χ1) is 8.19. The average Bonchev–Trinajstić information content (AvgIpc) is 2.75. The summed E-state index contributed by atoms with van der Waals surface area (Å²) in [5, 5.41) is 1.09. The van der Waals surface area contributed by atoms with Gasteiger partial charge in [0, 0.05) is 17.8 Å². The van der Waals surface area contributed by atoms with Crippen LogP contribution in [0, 0.1) is 0 Å². The number of aromatic nitrogens is 1. The van der Waals surface area contributed by atoms with Gasteiger partial charge in [0.15, 0.2) is 0 Å². The van der Waals surface area contributed by atoms with E-state index in [1.807, 2.05) is 41.8 Å². The fraction of sp³-hybridized carbons (Fsp3) is 0.308. The van der Waals surface area contributed by atoms with E-state index in [0.717, 1.165) is 23.1 Å². The maximum absolute atomic E-state index is 11.5. The third kappa shape index (κ3) is 1.91. The van der Waals surface area contributed by atoms with Crippen molar-refractivity contribution in [1.29, 1.82) is 0 Å². The number of aryl methyl sites for hydroxylation is 1. The molecule has 1 heterocycles. The summed E-state index contributed by atoms with van der Waals surface area (Å²) in [7, 11) is 1.35. The third-order valence-electron chi connectivity index (χ3n) is 2.93. The monoisotopic (exact) mass is 232 g/mol. The summed E-state index contributed by atoms with van der Waals surface area (Å²) in [6.07, 6.45) is 0. The molecule has 1 aromatic heterocycles. The highest BCUT2D eigenvalue weighted by Gasteiger charge is 2.21. The molecule has 4 nitrogen and oxygen atoms in total. The number of esters is 1. The Kier molecular flexibility index (Phi) is 3.15. The van der Waals surface area contributed by atoms with Crippen molar-refractivity contribution in [3.8, 4) is 0 Å². The van der Waals surface area contributed by atoms with Crippen LogP contribution in [0.5, 0.6) is 0 Å². The summed E-state index contributed by atoms with van der Waals surface area (Å²) < 4.78 is 6.72. The standard InChI is InChI=1S/C13H16N2O2/c1-3-15-10-7-5-4-6-9(10)8-11(15)12(14)13(16)17-2/h4-8,12H,3,14H2,1-2H3. The molecular weight excluding hydrogens is 216 g/mol. The van der Waals surface area contributed by atoms with Crippen molar-refractivity contribution < 1.29 is 9.53 Å². The first kappa shape index (κ1) is 11.7. The number of nitrogens with zero attached hydrogens (tertiary/aromatic N) is 1. The molecule has 1 atom stereocenters. The van der Waals surface area contributed by atoms with Gasteiger partial charge in [-0.2, -0.15) is 0 Å². The van der Waals surface area contributed by atoms with Gasteiger partial charge in [0.2, 0.25) is 0 Å². The first-order valence-corrected chi connectivity index (χ1v) is 5.60. The van der Waals surface area contributed by atoms with Crippen molar-refractivity contribution in [3.63, 3.8) is 0 Å². The number of hydrogen-bond donors (Lipinski definition) is 1. The van der Waals surface area contributed by atoms with Crippen LogP contribution in [0.3, 0.4) is 0 Å². The number of fused-ring (bicyclic) bond motifs is 1. The molecule has 0 saturated carbocycles. The van der Waals surface area contributed by atoms with E-state index < -0.39 is 12.0 Å². The Morgan fingerprint density at radius 3 is 2.82 bits per heavy atom. The van der Waals surface area contributed by atoms with Crippen LogP contribution in [0.2, 0.25) is 0 Å². The molecule has 1 aromatic carbocycles. The number of ether oxygens (including phenoxy) is 1. The number of para-hydroxylation sites is 1. The molecule has 0 saturated heterocycles. The predicted molar refractivity (Wildman–Crippen MR) is 66.6 cm³/mol. The van der Waals surface area contributed by atoms with Crippen LogP contribution in [0.25, 0.3) is 10.9 Å². The Balaban J connectivity index is 2.57. The van der Waals surface area contributed by atoms with Gasteiger partial charge >= 0.3 is 5.97 Å². The topological polar surface area (TPSA) is 57.2 Å². The van der Waals surface area contributed by atoms with E-state index in [0.29, 0.717) is 0 Å². The Bertz CT molecular complexity index is 545. The number of nitrogens with two attached hydrogens (primary N) is 1. The van der Waals surface area contributed by atoms with Crippen LogP contribution in [-0.4, -0.2) is 17.6 Å². The van der Waals surface area contributed by atoms with Crippen molar-refractivity contribution in [3.05, 3.63) is 36.0 Å². The van der Waals surface area contributed by atoms with E-state index in [9.17, 15) is 4.79 Å². The highest BCUT2D eigenvalue weighted by atomic mass is 16.5. The number of hydrogen-bond acceptors (Lipinski definition) is 3. The highest BCUT2D eigenvalue weighted by Crippen LogP contribution is 2.23. The Morgan fingerprint density at radius 2 is 2.18 bits per heavy atom. The summed E-state index contributed by atoms with van der Waals surface area (Å²) in [5.41, 5.74) is 7.77. The van der Waals surface area contributed by atoms with Crippen LogP contribution in [0.1, 0.15) is 18.7 Å². The van der Waals surface area contributed by atoms with E-state index in [1.165, 1.54) is 7.11 Å². The fourth-order valence-corrected chi connectivity index (χ4v) is 2.09. The van der Waals surface area contributed by atoms with Crippen LogP contribution in [-0.2, 0) is 16.1 Å². The number of methoxy groups -OCH3 is 1. The van der Waals surface area contributed by atoms with Crippen LogP contribution >= 0.6 is 0 Å². The number of rotatable bonds is 3. The minimum Gasteiger partial charge on any atom is -0.468 e. The molecule has 90 valence electrons. The second kappa shape index (κ2) is 4.59. The number of carbonyl (C=O) groups excluding carboxylic acids is 1. The Morgan fingerprint density at radius 1 is 1.47 bits per heavy atom. The molecular formula is C13H16N2O2. The highest BCUT2D eigenvalue weighted by molar-refractivity contribution is 5.85. The van der Waals surface area contributed by atoms with Crippen LogP contribution in [0.4, 0.5) is 0 Å². The van der Waals surface area contributed by atoms with Crippen molar-refractivity contribution in [2.75, 3.05) is 7.11 Å². The largest absolute Gasteiger partial charge is 0.468 e. The van der Waals surface area contributed by atoms with E-state index in [-0.39, 0.29) is 0 Å². The van der Waals surface area contributed by atoms with Gasteiger partial charge in [-0.1, -0.05) is 18.2 Å². The van der Waals surface area contributed by atoms with Gasteiger partial charge in [-0.15, -0.1) is 0 Å². The Labute approximate surface area is 100.0 Å². The lowest BCUT2D eigenvalue weighted by Crippen LogP contribution is -2.25. The van der Waals surface area contributed by atoms with Crippen molar-refractivity contribution in [1.82, 2.24) is 4.57 Å². The lowest BCUT2D eigenvalue weighted by molar-refractivity contribution is -0.142. The zero-order chi connectivity index (χ0) is 12.4. The van der Waals surface area contributed by atoms with Crippen molar-refractivity contribution in [2.24, 2.45) is 5.73 Å². The molecule has 0 spiro atoms. The SMILES string of the molecule is CCn1c(C(N)C(=O)OC)cc2ccccc21. The average molecular weight is 232 g/mol. The maximum atomic E-state index is 11.5. The number of benzene rings is 1. The summed E-state index contributed by atoms with van der Waals surface area (Å²) in [5.74, 6) is -0.414. The Hall–Kier alpha value is -1.81. The summed E-state index contributed by atoms with van der Waals surface area (Å²) >= 11 is 0. The minimum atomic E-state index is -0.729. The summed E-state index contributed by atoms with van der Waals surface area (Å²) in [6, 6.07) is 9.19. The summed E-state index contributed by atoms with van der Waals surface area (Å²) in [6.45, 7) is 2.80. The van der Waals surface area contributed by atoms with Crippen molar-refractivity contribution in [2.45, 2.75) is 19.5 Å². The lowest BCUT2D eigenvalue weighted by atomic mass is 10.2. The molecule has 0 amide bonds. The minimum absolute atomic E-state index is 0.414. The molecule has 2 aromatic rings. The molecule has 0 bridgehead atoms. The van der Waals surface area contributed by atoms with Gasteiger partial charge in [-0.3, -0.25) is 0 Å². The second-order valence-electron chi connectivity index (χ2n) is 3.87. The molecule has 2 rings (SSSR count). The van der Waals surface area contributed by atoms with E-state index >= 15 is 0 Å². The molecule has 0 aliphatic rings. The molecule has 0 aliphatic carbocycles. The number of carbonyl (C=O) groups is 1. The molecule has 0 fully saturated rings. The normalized spacial score (nSPS) is 12.6.